The molecule has 32 heavy (non-hydrogen) atoms. The average molecular weight is 468 g/mol. The van der Waals surface area contributed by atoms with Gasteiger partial charge in [-0.25, -0.2) is 8.42 Å². The summed E-state index contributed by atoms with van der Waals surface area (Å²) in [5.41, 5.74) is 2.79. The number of nitrogens with one attached hydrogen (secondary N) is 1. The molecule has 9 heteroatoms. The molecule has 164 valence electrons. The Balaban J connectivity index is 1.62. The predicted molar refractivity (Wildman–Crippen MR) is 122 cm³/mol. The molecule has 1 aromatic heterocycles. The van der Waals surface area contributed by atoms with Gasteiger partial charge in [-0.1, -0.05) is 24.3 Å². The van der Waals surface area contributed by atoms with Crippen LogP contribution in [0.5, 0.6) is 5.75 Å². The predicted octanol–water partition coefficient (Wildman–Crippen LogP) is 4.02. The van der Waals surface area contributed by atoms with Crippen molar-refractivity contribution in [3.63, 3.8) is 0 Å². The fourth-order valence-electron chi connectivity index (χ4n) is 3.64. The third-order valence-corrected chi connectivity index (χ3v) is 8.14. The van der Waals surface area contributed by atoms with Crippen LogP contribution in [0.1, 0.15) is 33.3 Å². The Labute approximate surface area is 190 Å². The van der Waals surface area contributed by atoms with Gasteiger partial charge in [-0.05, 0) is 54.1 Å². The summed E-state index contributed by atoms with van der Waals surface area (Å²) in [4.78, 5) is 13.1. The van der Waals surface area contributed by atoms with E-state index < -0.39 is 15.9 Å². The molecule has 0 aliphatic carbocycles. The van der Waals surface area contributed by atoms with Crippen molar-refractivity contribution in [3.8, 4) is 11.8 Å². The van der Waals surface area contributed by atoms with Gasteiger partial charge in [0.25, 0.3) is 5.91 Å². The highest BCUT2D eigenvalue weighted by Gasteiger charge is 2.32. The number of carbonyl (C=O) groups is 1. The zero-order valence-corrected chi connectivity index (χ0v) is 19.0. The molecule has 7 nitrogen and oxygen atoms in total. The molecule has 0 saturated heterocycles. The Bertz CT molecular complexity index is 1310. The van der Waals surface area contributed by atoms with Crippen molar-refractivity contribution < 1.29 is 17.9 Å². The molecule has 0 unspecified atom stereocenters. The molecule has 0 radical (unpaired) electrons. The van der Waals surface area contributed by atoms with E-state index in [-0.39, 0.29) is 16.3 Å². The van der Waals surface area contributed by atoms with Gasteiger partial charge < -0.3 is 10.1 Å². The van der Waals surface area contributed by atoms with Crippen LogP contribution < -0.4 is 10.1 Å². The Morgan fingerprint density at radius 2 is 2.00 bits per heavy atom. The van der Waals surface area contributed by atoms with Crippen LogP contribution in [0.2, 0.25) is 0 Å². The Kier molecular flexibility index (Phi) is 6.28. The van der Waals surface area contributed by atoms with Crippen LogP contribution >= 0.6 is 11.3 Å². The number of thiophene rings is 1. The molecule has 0 atom stereocenters. The molecule has 0 spiro atoms. The van der Waals surface area contributed by atoms with Gasteiger partial charge in [-0.15, -0.1) is 11.3 Å². The molecule has 2 heterocycles. The van der Waals surface area contributed by atoms with E-state index in [1.165, 1.54) is 16.4 Å². The van der Waals surface area contributed by atoms with Gasteiger partial charge in [0.1, 0.15) is 15.5 Å². The average Bonchev–Trinajstić information content (AvgIpc) is 3.31. The van der Waals surface area contributed by atoms with Crippen molar-refractivity contribution >= 4 is 33.0 Å². The van der Waals surface area contributed by atoms with E-state index in [1.54, 1.807) is 17.5 Å². The zero-order valence-electron chi connectivity index (χ0n) is 17.4. The van der Waals surface area contributed by atoms with Crippen LogP contribution in [0.4, 0.5) is 5.69 Å². The molecule has 1 amide bonds. The number of sulfonamides is 1. The number of amides is 1. The summed E-state index contributed by atoms with van der Waals surface area (Å²) in [5.74, 6) is -0.152. The number of anilines is 1. The highest BCUT2D eigenvalue weighted by atomic mass is 32.2. The highest BCUT2D eigenvalue weighted by molar-refractivity contribution is 7.89. The first-order valence-electron chi connectivity index (χ1n) is 10.1. The Morgan fingerprint density at radius 1 is 1.22 bits per heavy atom. The molecule has 2 aromatic carbocycles. The largest absolute Gasteiger partial charge is 0.492 e. The van der Waals surface area contributed by atoms with Crippen LogP contribution in [0.15, 0.2) is 58.8 Å². The maximum absolute atomic E-state index is 13.4. The van der Waals surface area contributed by atoms with Gasteiger partial charge in [0, 0.05) is 13.1 Å². The minimum atomic E-state index is -3.86. The maximum Gasteiger partial charge on any atom is 0.267 e. The van der Waals surface area contributed by atoms with E-state index in [9.17, 15) is 18.5 Å². The van der Waals surface area contributed by atoms with E-state index in [0.717, 1.165) is 22.5 Å². The monoisotopic (exact) mass is 467 g/mol. The molecule has 1 N–H and O–H groups in total. The fourth-order valence-corrected chi connectivity index (χ4v) is 6.35. The van der Waals surface area contributed by atoms with Crippen LogP contribution in [-0.4, -0.2) is 31.8 Å². The minimum Gasteiger partial charge on any atom is -0.492 e. The standard InChI is InChI=1S/C23H21N3O4S2/c1-2-30-20-8-7-16(14-24)13-19(20)25-23(27)22-21(10-12-31-22)32(28,29)26-11-9-17-5-3-4-6-18(17)15-26/h3-8,10,12-13H,2,9,11,15H2,1H3,(H,25,27). The van der Waals surface area contributed by atoms with Crippen LogP contribution in [0, 0.1) is 11.3 Å². The number of ether oxygens (including phenoxy) is 1. The van der Waals surface area contributed by atoms with Crippen molar-refractivity contribution in [2.45, 2.75) is 24.8 Å². The van der Waals surface area contributed by atoms with Gasteiger partial charge >= 0.3 is 0 Å². The smallest absolute Gasteiger partial charge is 0.267 e. The van der Waals surface area contributed by atoms with Gasteiger partial charge in [-0.2, -0.15) is 9.57 Å². The first-order chi connectivity index (χ1) is 15.4. The van der Waals surface area contributed by atoms with Crippen molar-refractivity contribution in [1.29, 1.82) is 5.26 Å². The van der Waals surface area contributed by atoms with Crippen LogP contribution in [0.25, 0.3) is 0 Å². The Morgan fingerprint density at radius 3 is 2.75 bits per heavy atom. The molecule has 4 rings (SSSR count). The van der Waals surface area contributed by atoms with Crippen molar-refractivity contribution in [2.75, 3.05) is 18.5 Å². The van der Waals surface area contributed by atoms with Gasteiger partial charge in [0.2, 0.25) is 10.0 Å². The number of hydrogen-bond acceptors (Lipinski definition) is 6. The summed E-state index contributed by atoms with van der Waals surface area (Å²) in [5, 5.41) is 13.5. The van der Waals surface area contributed by atoms with Gasteiger partial charge in [-0.3, -0.25) is 4.79 Å². The lowest BCUT2D eigenvalue weighted by atomic mass is 10.0. The number of rotatable bonds is 6. The molecule has 0 fully saturated rings. The number of nitrogens with zero attached hydrogens (tertiary/aromatic N) is 2. The van der Waals surface area contributed by atoms with E-state index in [4.69, 9.17) is 4.74 Å². The van der Waals surface area contributed by atoms with Gasteiger partial charge in [0.05, 0.1) is 23.9 Å². The van der Waals surface area contributed by atoms with E-state index in [1.807, 2.05) is 37.3 Å². The van der Waals surface area contributed by atoms with E-state index >= 15 is 0 Å². The summed E-state index contributed by atoms with van der Waals surface area (Å²) in [7, 11) is -3.86. The summed E-state index contributed by atoms with van der Waals surface area (Å²) in [6.45, 7) is 2.82. The lowest BCUT2D eigenvalue weighted by Crippen LogP contribution is -2.36. The lowest BCUT2D eigenvalue weighted by Gasteiger charge is -2.28. The second kappa shape index (κ2) is 9.12. The molecule has 0 bridgehead atoms. The van der Waals surface area contributed by atoms with E-state index in [0.29, 0.717) is 36.6 Å². The summed E-state index contributed by atoms with van der Waals surface area (Å²) in [6, 6.07) is 16.0. The second-order valence-corrected chi connectivity index (χ2v) is 10.0. The topological polar surface area (TPSA) is 99.5 Å². The molecular formula is C23H21N3O4S2. The summed E-state index contributed by atoms with van der Waals surface area (Å²) >= 11 is 1.06. The molecule has 0 saturated carbocycles. The molecule has 1 aliphatic heterocycles. The van der Waals surface area contributed by atoms with Crippen molar-refractivity contribution in [2.24, 2.45) is 0 Å². The maximum atomic E-state index is 13.4. The van der Waals surface area contributed by atoms with Crippen molar-refractivity contribution in [3.05, 3.63) is 75.5 Å². The highest BCUT2D eigenvalue weighted by Crippen LogP contribution is 2.31. The summed E-state index contributed by atoms with van der Waals surface area (Å²) in [6.07, 6.45) is 0.625. The molecule has 1 aliphatic rings. The lowest BCUT2D eigenvalue weighted by molar-refractivity contribution is 0.102. The first kappa shape index (κ1) is 22.0. The van der Waals surface area contributed by atoms with Crippen LogP contribution in [-0.2, 0) is 23.0 Å². The zero-order chi connectivity index (χ0) is 22.7. The first-order valence-corrected chi connectivity index (χ1v) is 12.4. The SMILES string of the molecule is CCOc1ccc(C#N)cc1NC(=O)c1sccc1S(=O)(=O)N1CCc2ccccc2C1. The number of carbonyl (C=O) groups excluding carboxylic acids is 1. The van der Waals surface area contributed by atoms with Crippen LogP contribution in [0.3, 0.4) is 0 Å². The fraction of sp³-hybridized carbons (Fsp3) is 0.217. The third-order valence-electron chi connectivity index (χ3n) is 5.21. The molecular weight excluding hydrogens is 446 g/mol. The third kappa shape index (κ3) is 4.25. The summed E-state index contributed by atoms with van der Waals surface area (Å²) < 4.78 is 33.7. The quantitative estimate of drug-likeness (QED) is 0.590. The number of nitriles is 1. The van der Waals surface area contributed by atoms with E-state index in [2.05, 4.69) is 5.32 Å². The van der Waals surface area contributed by atoms with Gasteiger partial charge in [0.15, 0.2) is 0 Å². The number of fused-ring (bicyclic) bond motifs is 1. The molecule has 3 aromatic rings. The van der Waals surface area contributed by atoms with Crippen molar-refractivity contribution in [1.82, 2.24) is 4.31 Å². The normalized spacial score (nSPS) is 13.8. The minimum absolute atomic E-state index is 0.0196. The second-order valence-electron chi connectivity index (χ2n) is 7.18. The number of hydrogen-bond donors (Lipinski definition) is 1. The number of benzene rings is 2. The Hall–Kier alpha value is -3.19.